The Morgan fingerprint density at radius 2 is 1.80 bits per heavy atom. The number of aryl methyl sites for hydroxylation is 1. The van der Waals surface area contributed by atoms with Crippen molar-refractivity contribution in [2.75, 3.05) is 0 Å². The molecule has 0 aliphatic carbocycles. The number of nitro benzene ring substituents is 1. The monoisotopic (exact) mass is 402 g/mol. The highest BCUT2D eigenvalue weighted by Gasteiger charge is 2.21. The van der Waals surface area contributed by atoms with Gasteiger partial charge < -0.3 is 4.57 Å². The highest BCUT2D eigenvalue weighted by molar-refractivity contribution is 9.10. The quantitative estimate of drug-likeness (QED) is 0.403. The Morgan fingerprint density at radius 3 is 2.44 bits per heavy atom. The van der Waals surface area contributed by atoms with Gasteiger partial charge in [-0.15, -0.1) is 0 Å². The minimum absolute atomic E-state index is 0.0899. The van der Waals surface area contributed by atoms with E-state index in [0.29, 0.717) is 5.56 Å². The second-order valence-corrected chi connectivity index (χ2v) is 6.84. The zero-order valence-corrected chi connectivity index (χ0v) is 15.3. The summed E-state index contributed by atoms with van der Waals surface area (Å²) >= 11 is 3.39. The van der Waals surface area contributed by atoms with Gasteiger partial charge in [-0.2, -0.15) is 0 Å². The normalized spacial score (nSPS) is 12.2. The molecule has 1 aromatic heterocycles. The van der Waals surface area contributed by atoms with Crippen LogP contribution in [0.4, 0.5) is 10.1 Å². The van der Waals surface area contributed by atoms with Gasteiger partial charge in [-0.1, -0.05) is 28.1 Å². The van der Waals surface area contributed by atoms with Crippen LogP contribution in [0, 0.1) is 22.9 Å². The van der Waals surface area contributed by atoms with Gasteiger partial charge in [0.15, 0.2) is 0 Å². The van der Waals surface area contributed by atoms with E-state index in [9.17, 15) is 14.5 Å². The van der Waals surface area contributed by atoms with Gasteiger partial charge in [0, 0.05) is 22.4 Å². The highest BCUT2D eigenvalue weighted by atomic mass is 79.9. The second-order valence-electron chi connectivity index (χ2n) is 5.92. The molecule has 6 heteroatoms. The summed E-state index contributed by atoms with van der Waals surface area (Å²) < 4.78 is 15.9. The lowest BCUT2D eigenvalue weighted by Crippen LogP contribution is -2.09. The minimum atomic E-state index is -0.363. The van der Waals surface area contributed by atoms with Crippen LogP contribution in [0.2, 0.25) is 0 Å². The molecule has 0 saturated heterocycles. The predicted octanol–water partition coefficient (Wildman–Crippen LogP) is 5.88. The summed E-state index contributed by atoms with van der Waals surface area (Å²) in [6.45, 7) is 3.88. The summed E-state index contributed by atoms with van der Waals surface area (Å²) in [5.41, 5.74) is 3.54. The molecule has 25 heavy (non-hydrogen) atoms. The van der Waals surface area contributed by atoms with Crippen LogP contribution in [-0.4, -0.2) is 9.49 Å². The lowest BCUT2D eigenvalue weighted by molar-refractivity contribution is -0.385. The van der Waals surface area contributed by atoms with Gasteiger partial charge in [0.2, 0.25) is 0 Å². The average molecular weight is 403 g/mol. The van der Waals surface area contributed by atoms with E-state index in [1.54, 1.807) is 24.3 Å². The summed E-state index contributed by atoms with van der Waals surface area (Å²) in [7, 11) is 0. The smallest absolute Gasteiger partial charge is 0.274 e. The Kier molecular flexibility index (Phi) is 4.72. The summed E-state index contributed by atoms with van der Waals surface area (Å²) in [4.78, 5) is 11.0. The molecule has 0 spiro atoms. The number of hydrogen-bond donors (Lipinski definition) is 0. The van der Waals surface area contributed by atoms with E-state index in [1.807, 2.05) is 30.7 Å². The molecule has 0 saturated carbocycles. The van der Waals surface area contributed by atoms with Gasteiger partial charge in [-0.25, -0.2) is 4.39 Å². The van der Waals surface area contributed by atoms with Crippen LogP contribution in [0.1, 0.15) is 24.2 Å². The lowest BCUT2D eigenvalue weighted by Gasteiger charge is -2.17. The van der Waals surface area contributed by atoms with Crippen LogP contribution in [0.5, 0.6) is 0 Å². The van der Waals surface area contributed by atoms with Crippen LogP contribution in [0.3, 0.4) is 0 Å². The first kappa shape index (κ1) is 17.4. The van der Waals surface area contributed by atoms with Crippen molar-refractivity contribution < 1.29 is 9.31 Å². The van der Waals surface area contributed by atoms with E-state index in [2.05, 4.69) is 15.9 Å². The van der Waals surface area contributed by atoms with Crippen molar-refractivity contribution in [3.05, 3.63) is 86.4 Å². The standard InChI is InChI=1S/C19H16BrFN2O2/c1-12-9-15(14-3-6-17(21)7-4-14)11-22(12)13(2)18-10-16(20)5-8-19(18)23(24)25/h3-11,13H,1-2H3. The van der Waals surface area contributed by atoms with Crippen molar-refractivity contribution in [1.82, 2.24) is 4.57 Å². The van der Waals surface area contributed by atoms with E-state index in [0.717, 1.165) is 21.3 Å². The molecular formula is C19H16BrFN2O2. The van der Waals surface area contributed by atoms with Crippen molar-refractivity contribution in [1.29, 1.82) is 0 Å². The summed E-state index contributed by atoms with van der Waals surface area (Å²) in [5, 5.41) is 11.4. The summed E-state index contributed by atoms with van der Waals surface area (Å²) in [5.74, 6) is -0.280. The van der Waals surface area contributed by atoms with E-state index in [1.165, 1.54) is 18.2 Å². The zero-order valence-electron chi connectivity index (χ0n) is 13.7. The maximum absolute atomic E-state index is 13.1. The number of rotatable bonds is 4. The number of nitro groups is 1. The summed E-state index contributed by atoms with van der Waals surface area (Å²) in [6.07, 6.45) is 1.94. The van der Waals surface area contributed by atoms with E-state index in [-0.39, 0.29) is 22.5 Å². The lowest BCUT2D eigenvalue weighted by atomic mass is 10.1. The van der Waals surface area contributed by atoms with Gasteiger partial charge in [0.1, 0.15) is 5.82 Å². The molecule has 3 rings (SSSR count). The van der Waals surface area contributed by atoms with E-state index in [4.69, 9.17) is 0 Å². The fourth-order valence-corrected chi connectivity index (χ4v) is 3.36. The van der Waals surface area contributed by atoms with Crippen LogP contribution in [-0.2, 0) is 0 Å². The van der Waals surface area contributed by atoms with Crippen molar-refractivity contribution in [3.63, 3.8) is 0 Å². The third-order valence-electron chi connectivity index (χ3n) is 4.28. The Labute approximate surface area is 153 Å². The van der Waals surface area contributed by atoms with Crippen LogP contribution >= 0.6 is 15.9 Å². The first-order valence-corrected chi connectivity index (χ1v) is 8.54. The Hall–Kier alpha value is -2.47. The molecule has 1 heterocycles. The van der Waals surface area contributed by atoms with E-state index >= 15 is 0 Å². The Bertz CT molecular complexity index is 935. The first-order valence-electron chi connectivity index (χ1n) is 7.75. The van der Waals surface area contributed by atoms with Gasteiger partial charge in [-0.05, 0) is 55.3 Å². The van der Waals surface area contributed by atoms with E-state index < -0.39 is 0 Å². The van der Waals surface area contributed by atoms with Crippen LogP contribution in [0.25, 0.3) is 11.1 Å². The molecule has 0 radical (unpaired) electrons. The van der Waals surface area contributed by atoms with Gasteiger partial charge >= 0.3 is 0 Å². The third kappa shape index (κ3) is 3.49. The largest absolute Gasteiger partial charge is 0.344 e. The second kappa shape index (κ2) is 6.80. The molecular weight excluding hydrogens is 387 g/mol. The third-order valence-corrected chi connectivity index (χ3v) is 4.77. The Balaban J connectivity index is 2.04. The van der Waals surface area contributed by atoms with Crippen molar-refractivity contribution in [2.45, 2.75) is 19.9 Å². The van der Waals surface area contributed by atoms with Gasteiger partial charge in [0.05, 0.1) is 16.5 Å². The number of halogens is 2. The molecule has 2 aromatic carbocycles. The average Bonchev–Trinajstić information content (AvgIpc) is 2.96. The fraction of sp³-hybridized carbons (Fsp3) is 0.158. The van der Waals surface area contributed by atoms with Crippen molar-refractivity contribution in [2.24, 2.45) is 0 Å². The topological polar surface area (TPSA) is 48.1 Å². The van der Waals surface area contributed by atoms with Gasteiger partial charge in [-0.3, -0.25) is 10.1 Å². The predicted molar refractivity (Wildman–Crippen MR) is 99.2 cm³/mol. The summed E-state index contributed by atoms with van der Waals surface area (Å²) in [6, 6.07) is 13.0. The molecule has 0 aliphatic rings. The molecule has 0 amide bonds. The molecule has 0 fully saturated rings. The first-order chi connectivity index (χ1) is 11.9. The Morgan fingerprint density at radius 1 is 1.12 bits per heavy atom. The molecule has 0 aliphatic heterocycles. The van der Waals surface area contributed by atoms with Crippen LogP contribution < -0.4 is 0 Å². The molecule has 0 N–H and O–H groups in total. The van der Waals surface area contributed by atoms with Crippen molar-refractivity contribution >= 4 is 21.6 Å². The van der Waals surface area contributed by atoms with Crippen LogP contribution in [0.15, 0.2) is 59.2 Å². The minimum Gasteiger partial charge on any atom is -0.344 e. The molecule has 3 aromatic rings. The highest BCUT2D eigenvalue weighted by Crippen LogP contribution is 2.33. The molecule has 128 valence electrons. The number of hydrogen-bond acceptors (Lipinski definition) is 2. The van der Waals surface area contributed by atoms with Crippen molar-refractivity contribution in [3.8, 4) is 11.1 Å². The molecule has 1 unspecified atom stereocenters. The van der Waals surface area contributed by atoms with Gasteiger partial charge in [0.25, 0.3) is 5.69 Å². The maximum atomic E-state index is 13.1. The fourth-order valence-electron chi connectivity index (χ4n) is 2.98. The number of aromatic nitrogens is 1. The molecule has 0 bridgehead atoms. The SMILES string of the molecule is Cc1cc(-c2ccc(F)cc2)cn1C(C)c1cc(Br)ccc1[N+](=O)[O-]. The zero-order chi connectivity index (χ0) is 18.1. The number of nitrogens with zero attached hydrogens (tertiary/aromatic N) is 2. The number of benzene rings is 2. The molecule has 1 atom stereocenters. The molecule has 4 nitrogen and oxygen atoms in total. The maximum Gasteiger partial charge on any atom is 0.274 e.